The molecule has 0 fully saturated rings. The van der Waals surface area contributed by atoms with E-state index in [0.717, 1.165) is 18.4 Å². The summed E-state index contributed by atoms with van der Waals surface area (Å²) in [5.41, 5.74) is 7.20. The minimum absolute atomic E-state index is 0.00349. The van der Waals surface area contributed by atoms with Crippen LogP contribution in [0.1, 0.15) is 72.8 Å². The number of anilines is 1. The van der Waals surface area contributed by atoms with Crippen molar-refractivity contribution in [3.8, 4) is 5.75 Å². The highest BCUT2D eigenvalue weighted by Gasteiger charge is 2.37. The van der Waals surface area contributed by atoms with Gasteiger partial charge < -0.3 is 15.6 Å². The van der Waals surface area contributed by atoms with Crippen molar-refractivity contribution in [2.45, 2.75) is 71.5 Å². The number of fused-ring (bicyclic) bond motifs is 1. The monoisotopic (exact) mass is 597 g/mol. The van der Waals surface area contributed by atoms with E-state index < -0.39 is 23.7 Å². The van der Waals surface area contributed by atoms with Crippen LogP contribution >= 0.6 is 11.6 Å². The maximum absolute atomic E-state index is 14.0. The van der Waals surface area contributed by atoms with E-state index in [4.69, 9.17) is 22.1 Å². The van der Waals surface area contributed by atoms with E-state index in [-0.39, 0.29) is 48.8 Å². The van der Waals surface area contributed by atoms with Gasteiger partial charge in [0.25, 0.3) is 0 Å². The molecular formula is C30H36ClN5O6. The molecule has 224 valence electrons. The average Bonchev–Trinajstić information content (AvgIpc) is 3.18. The summed E-state index contributed by atoms with van der Waals surface area (Å²) >= 11 is 6.25. The Morgan fingerprint density at radius 1 is 1.19 bits per heavy atom. The molecule has 1 aliphatic heterocycles. The molecule has 0 spiro atoms. The van der Waals surface area contributed by atoms with Crippen molar-refractivity contribution in [2.24, 2.45) is 5.92 Å². The van der Waals surface area contributed by atoms with Crippen LogP contribution in [0.2, 0.25) is 5.02 Å². The van der Waals surface area contributed by atoms with Gasteiger partial charge in [-0.2, -0.15) is 5.10 Å². The van der Waals surface area contributed by atoms with Gasteiger partial charge in [0.2, 0.25) is 11.8 Å². The lowest BCUT2D eigenvalue weighted by Crippen LogP contribution is -2.41. The Morgan fingerprint density at radius 3 is 2.60 bits per heavy atom. The van der Waals surface area contributed by atoms with Crippen LogP contribution in [0.4, 0.5) is 5.69 Å². The number of carbonyl (C=O) groups excluding carboxylic acids is 2. The second-order valence-electron chi connectivity index (χ2n) is 10.5. The first-order valence-corrected chi connectivity index (χ1v) is 14.4. The van der Waals surface area contributed by atoms with Gasteiger partial charge in [-0.3, -0.25) is 19.1 Å². The SMILES string of the molecule is CCCC[C@@H](CC(=O)N1Cc2nn(CC)c(=O)n2CC(Cc2cc(Cl)ccc2OC)C1=O)c1ccc(C(=O)O)c(N)c1. The molecule has 1 unspecified atom stereocenters. The Bertz CT molecular complexity index is 1550. The number of nitrogens with zero attached hydrogens (tertiary/aromatic N) is 4. The predicted molar refractivity (Wildman–Crippen MR) is 158 cm³/mol. The maximum Gasteiger partial charge on any atom is 0.345 e. The maximum atomic E-state index is 14.0. The number of amides is 2. The molecule has 1 aromatic heterocycles. The van der Waals surface area contributed by atoms with Crippen LogP contribution in [-0.4, -0.2) is 49.2 Å². The second-order valence-corrected chi connectivity index (χ2v) is 10.9. The molecule has 4 rings (SSSR count). The molecule has 3 N–H and O–H groups in total. The number of aryl methyl sites for hydroxylation is 1. The number of aromatic nitrogens is 3. The Morgan fingerprint density at radius 2 is 1.95 bits per heavy atom. The Kier molecular flexibility index (Phi) is 9.72. The molecule has 2 aromatic carbocycles. The van der Waals surface area contributed by atoms with Crippen molar-refractivity contribution in [3.63, 3.8) is 0 Å². The molecule has 1 aliphatic rings. The first-order valence-electron chi connectivity index (χ1n) is 14.0. The molecule has 2 atom stereocenters. The Balaban J connectivity index is 1.70. The summed E-state index contributed by atoms with van der Waals surface area (Å²) in [5, 5.41) is 14.3. The highest BCUT2D eigenvalue weighted by atomic mass is 35.5. The van der Waals surface area contributed by atoms with Crippen LogP contribution in [0.25, 0.3) is 0 Å². The van der Waals surface area contributed by atoms with Crippen molar-refractivity contribution in [2.75, 3.05) is 12.8 Å². The summed E-state index contributed by atoms with van der Waals surface area (Å²) in [7, 11) is 1.53. The van der Waals surface area contributed by atoms with Crippen LogP contribution in [0, 0.1) is 5.92 Å². The van der Waals surface area contributed by atoms with Gasteiger partial charge in [-0.05, 0) is 67.1 Å². The zero-order valence-electron chi connectivity index (χ0n) is 24.0. The van der Waals surface area contributed by atoms with Crippen LogP contribution in [0.3, 0.4) is 0 Å². The highest BCUT2D eigenvalue weighted by molar-refractivity contribution is 6.30. The number of carboxylic acid groups (broad SMARTS) is 1. The van der Waals surface area contributed by atoms with Gasteiger partial charge in [-0.1, -0.05) is 37.4 Å². The van der Waals surface area contributed by atoms with E-state index in [9.17, 15) is 24.3 Å². The average molecular weight is 598 g/mol. The number of hydrogen-bond acceptors (Lipinski definition) is 7. The van der Waals surface area contributed by atoms with Crippen molar-refractivity contribution in [1.29, 1.82) is 0 Å². The minimum Gasteiger partial charge on any atom is -0.496 e. The van der Waals surface area contributed by atoms with Gasteiger partial charge >= 0.3 is 11.7 Å². The second kappa shape index (κ2) is 13.2. The smallest absolute Gasteiger partial charge is 0.345 e. The Labute approximate surface area is 248 Å². The molecule has 3 aromatic rings. The number of nitrogens with two attached hydrogens (primary N) is 1. The van der Waals surface area contributed by atoms with E-state index >= 15 is 0 Å². The lowest BCUT2D eigenvalue weighted by molar-refractivity contribution is -0.148. The van der Waals surface area contributed by atoms with Crippen LogP contribution in [0.15, 0.2) is 41.2 Å². The summed E-state index contributed by atoms with van der Waals surface area (Å²) in [6.07, 6.45) is 2.56. The summed E-state index contributed by atoms with van der Waals surface area (Å²) in [5.74, 6) is -2.11. The molecule has 12 heteroatoms. The number of aromatic carboxylic acids is 1. The molecule has 0 radical (unpaired) electrons. The standard InChI is InChI=1S/C30H36ClN5O6/c1-4-6-7-18(19-8-10-23(29(39)40)24(32)14-19)15-27(37)35-17-26-33-36(5-2)30(41)34(26)16-21(28(35)38)12-20-13-22(31)9-11-25(20)42-3/h8-11,13-14,18,21H,4-7,12,15-17,32H2,1-3H3,(H,39,40)/t18-,21?/m0/s1. The summed E-state index contributed by atoms with van der Waals surface area (Å²) in [6, 6.07) is 9.83. The normalized spacial score (nSPS) is 15.7. The number of nitrogen functional groups attached to an aromatic ring is 1. The zero-order valence-corrected chi connectivity index (χ0v) is 24.8. The topological polar surface area (TPSA) is 150 Å². The van der Waals surface area contributed by atoms with Gasteiger partial charge in [0.05, 0.1) is 25.1 Å². The van der Waals surface area contributed by atoms with Gasteiger partial charge in [0.15, 0.2) is 5.82 Å². The van der Waals surface area contributed by atoms with E-state index in [1.54, 1.807) is 37.3 Å². The van der Waals surface area contributed by atoms with Gasteiger partial charge in [-0.25, -0.2) is 14.3 Å². The summed E-state index contributed by atoms with van der Waals surface area (Å²) in [6.45, 7) is 4.11. The number of benzene rings is 2. The first-order chi connectivity index (χ1) is 20.1. The summed E-state index contributed by atoms with van der Waals surface area (Å²) < 4.78 is 8.28. The lowest BCUT2D eigenvalue weighted by atomic mass is 9.88. The highest BCUT2D eigenvalue weighted by Crippen LogP contribution is 2.32. The number of carbonyl (C=O) groups is 3. The molecule has 0 saturated carbocycles. The fraction of sp³-hybridized carbons (Fsp3) is 0.433. The molecular weight excluding hydrogens is 562 g/mol. The molecule has 42 heavy (non-hydrogen) atoms. The number of hydrogen-bond donors (Lipinski definition) is 2. The fourth-order valence-corrected chi connectivity index (χ4v) is 5.65. The van der Waals surface area contributed by atoms with Crippen LogP contribution < -0.4 is 16.2 Å². The molecule has 2 heterocycles. The van der Waals surface area contributed by atoms with Crippen molar-refractivity contribution in [1.82, 2.24) is 19.2 Å². The van der Waals surface area contributed by atoms with E-state index in [1.165, 1.54) is 27.3 Å². The van der Waals surface area contributed by atoms with Crippen molar-refractivity contribution in [3.05, 3.63) is 74.4 Å². The number of imide groups is 1. The third-order valence-corrected chi connectivity index (χ3v) is 7.97. The predicted octanol–water partition coefficient (Wildman–Crippen LogP) is 4.10. The van der Waals surface area contributed by atoms with Gasteiger partial charge in [-0.15, -0.1) is 0 Å². The Hall–Kier alpha value is -4.12. The lowest BCUT2D eigenvalue weighted by Gasteiger charge is -2.25. The van der Waals surface area contributed by atoms with E-state index in [0.29, 0.717) is 35.1 Å². The molecule has 11 nitrogen and oxygen atoms in total. The number of halogens is 1. The molecule has 0 aliphatic carbocycles. The van der Waals surface area contributed by atoms with E-state index in [1.807, 2.05) is 6.92 Å². The molecule has 0 saturated heterocycles. The number of rotatable bonds is 11. The van der Waals surface area contributed by atoms with Crippen molar-refractivity contribution >= 4 is 35.1 Å². The number of unbranched alkanes of at least 4 members (excludes halogenated alkanes) is 1. The largest absolute Gasteiger partial charge is 0.496 e. The number of ether oxygens (including phenoxy) is 1. The van der Waals surface area contributed by atoms with Crippen LogP contribution in [-0.2, 0) is 35.6 Å². The molecule has 2 amide bonds. The van der Waals surface area contributed by atoms with Gasteiger partial charge in [0, 0.05) is 30.2 Å². The molecule has 0 bridgehead atoms. The van der Waals surface area contributed by atoms with Gasteiger partial charge in [0.1, 0.15) is 5.75 Å². The van der Waals surface area contributed by atoms with Crippen LogP contribution in [0.5, 0.6) is 5.75 Å². The summed E-state index contributed by atoms with van der Waals surface area (Å²) in [4.78, 5) is 53.7. The van der Waals surface area contributed by atoms with Crippen molar-refractivity contribution < 1.29 is 24.2 Å². The quantitative estimate of drug-likeness (QED) is 0.314. The number of carboxylic acids is 1. The van der Waals surface area contributed by atoms with E-state index in [2.05, 4.69) is 5.10 Å². The number of methoxy groups -OCH3 is 1. The third kappa shape index (κ3) is 6.51. The minimum atomic E-state index is -1.13. The third-order valence-electron chi connectivity index (χ3n) is 7.73. The fourth-order valence-electron chi connectivity index (χ4n) is 5.45. The zero-order chi connectivity index (χ0) is 30.6. The first kappa shape index (κ1) is 30.8.